The van der Waals surface area contributed by atoms with Gasteiger partial charge in [0.25, 0.3) is 0 Å². The molecule has 0 atom stereocenters. The molecule has 2 aromatic heterocycles. The Morgan fingerprint density at radius 3 is 2.79 bits per heavy atom. The lowest BCUT2D eigenvalue weighted by molar-refractivity contribution is 0.415. The number of nitrogens with zero attached hydrogens (tertiary/aromatic N) is 1. The fourth-order valence-corrected chi connectivity index (χ4v) is 1.97. The number of ether oxygens (including phenoxy) is 1. The van der Waals surface area contributed by atoms with E-state index in [0.29, 0.717) is 6.54 Å². The molecule has 3 aromatic rings. The number of pyridine rings is 1. The molecular formula is C15H14N2O2. The number of methoxy groups -OCH3 is 1. The maximum Gasteiger partial charge on any atom is 0.153 e. The van der Waals surface area contributed by atoms with Gasteiger partial charge in [-0.3, -0.25) is 4.98 Å². The van der Waals surface area contributed by atoms with Crippen LogP contribution in [0.2, 0.25) is 0 Å². The molecule has 0 radical (unpaired) electrons. The van der Waals surface area contributed by atoms with Crippen molar-refractivity contribution in [1.29, 1.82) is 0 Å². The van der Waals surface area contributed by atoms with Crippen molar-refractivity contribution in [2.24, 2.45) is 5.73 Å². The van der Waals surface area contributed by atoms with E-state index in [0.717, 1.165) is 33.7 Å². The highest BCUT2D eigenvalue weighted by atomic mass is 16.5. The lowest BCUT2D eigenvalue weighted by Gasteiger charge is -1.97. The number of rotatable bonds is 3. The second kappa shape index (κ2) is 4.74. The van der Waals surface area contributed by atoms with Gasteiger partial charge in [-0.2, -0.15) is 0 Å². The maximum atomic E-state index is 5.78. The summed E-state index contributed by atoms with van der Waals surface area (Å²) in [6.07, 6.45) is 1.77. The highest BCUT2D eigenvalue weighted by Gasteiger charge is 2.08. The van der Waals surface area contributed by atoms with Crippen molar-refractivity contribution in [3.8, 4) is 17.2 Å². The van der Waals surface area contributed by atoms with E-state index in [-0.39, 0.29) is 0 Å². The summed E-state index contributed by atoms with van der Waals surface area (Å²) in [6.45, 7) is 0.491. The molecule has 19 heavy (non-hydrogen) atoms. The third-order valence-electron chi connectivity index (χ3n) is 3.04. The van der Waals surface area contributed by atoms with Gasteiger partial charge >= 0.3 is 0 Å². The summed E-state index contributed by atoms with van der Waals surface area (Å²) in [6, 6.07) is 11.5. The molecule has 0 saturated heterocycles. The largest absolute Gasteiger partial charge is 0.497 e. The molecule has 0 bridgehead atoms. The Hall–Kier alpha value is -2.33. The molecule has 0 fully saturated rings. The Labute approximate surface area is 110 Å². The van der Waals surface area contributed by atoms with Crippen LogP contribution in [0, 0.1) is 0 Å². The van der Waals surface area contributed by atoms with Crippen LogP contribution < -0.4 is 10.5 Å². The van der Waals surface area contributed by atoms with Gasteiger partial charge in [0.2, 0.25) is 0 Å². The van der Waals surface area contributed by atoms with Crippen molar-refractivity contribution >= 4 is 11.0 Å². The fourth-order valence-electron chi connectivity index (χ4n) is 1.97. The topological polar surface area (TPSA) is 61.3 Å². The zero-order valence-electron chi connectivity index (χ0n) is 10.6. The lowest BCUT2D eigenvalue weighted by Crippen LogP contribution is -1.96. The molecule has 1 aromatic carbocycles. The van der Waals surface area contributed by atoms with Gasteiger partial charge in [0.15, 0.2) is 5.76 Å². The first-order chi connectivity index (χ1) is 9.30. The summed E-state index contributed by atoms with van der Waals surface area (Å²) >= 11 is 0. The van der Waals surface area contributed by atoms with Crippen molar-refractivity contribution in [2.75, 3.05) is 7.11 Å². The summed E-state index contributed by atoms with van der Waals surface area (Å²) in [7, 11) is 1.65. The van der Waals surface area contributed by atoms with Crippen molar-refractivity contribution < 1.29 is 9.15 Å². The summed E-state index contributed by atoms with van der Waals surface area (Å²) < 4.78 is 11.0. The molecular weight excluding hydrogens is 240 g/mol. The molecule has 0 amide bonds. The maximum absolute atomic E-state index is 5.78. The summed E-state index contributed by atoms with van der Waals surface area (Å²) in [5.41, 5.74) is 8.17. The normalized spacial score (nSPS) is 10.8. The van der Waals surface area contributed by atoms with Crippen LogP contribution in [0.5, 0.6) is 5.75 Å². The van der Waals surface area contributed by atoms with Crippen LogP contribution in [-0.4, -0.2) is 12.1 Å². The van der Waals surface area contributed by atoms with Gasteiger partial charge in [-0.25, -0.2) is 0 Å². The van der Waals surface area contributed by atoms with Crippen molar-refractivity contribution in [2.45, 2.75) is 6.54 Å². The predicted molar refractivity (Wildman–Crippen MR) is 73.9 cm³/mol. The van der Waals surface area contributed by atoms with E-state index in [1.807, 2.05) is 36.4 Å². The van der Waals surface area contributed by atoms with Gasteiger partial charge in [0.1, 0.15) is 17.0 Å². The van der Waals surface area contributed by atoms with E-state index in [1.165, 1.54) is 0 Å². The zero-order chi connectivity index (χ0) is 13.2. The van der Waals surface area contributed by atoms with Gasteiger partial charge < -0.3 is 14.9 Å². The number of nitrogens with two attached hydrogens (primary N) is 1. The minimum Gasteiger partial charge on any atom is -0.497 e. The molecule has 4 heteroatoms. The van der Waals surface area contributed by atoms with Crippen LogP contribution in [0.3, 0.4) is 0 Å². The molecule has 0 aliphatic rings. The molecule has 0 spiro atoms. The van der Waals surface area contributed by atoms with Crippen LogP contribution in [0.25, 0.3) is 22.4 Å². The number of benzene rings is 1. The van der Waals surface area contributed by atoms with Gasteiger partial charge in [-0.15, -0.1) is 0 Å². The summed E-state index contributed by atoms with van der Waals surface area (Å²) in [5, 5.41) is 0.999. The van der Waals surface area contributed by atoms with E-state index < -0.39 is 0 Å². The monoisotopic (exact) mass is 254 g/mol. The highest BCUT2D eigenvalue weighted by molar-refractivity contribution is 5.83. The van der Waals surface area contributed by atoms with Crippen LogP contribution >= 0.6 is 0 Å². The van der Waals surface area contributed by atoms with Crippen LogP contribution in [-0.2, 0) is 6.54 Å². The Morgan fingerprint density at radius 2 is 2.11 bits per heavy atom. The van der Waals surface area contributed by atoms with Gasteiger partial charge in [-0.05, 0) is 35.9 Å². The van der Waals surface area contributed by atoms with E-state index >= 15 is 0 Å². The molecule has 96 valence electrons. The molecule has 0 aliphatic carbocycles. The van der Waals surface area contributed by atoms with E-state index in [2.05, 4.69) is 4.98 Å². The van der Waals surface area contributed by atoms with E-state index in [1.54, 1.807) is 13.3 Å². The Bertz CT molecular complexity index is 702. The SMILES string of the molecule is COc1ccc2oc(-c3ccc(CN)cn3)cc2c1. The van der Waals surface area contributed by atoms with Crippen molar-refractivity contribution in [3.63, 3.8) is 0 Å². The third kappa shape index (κ3) is 2.18. The number of hydrogen-bond donors (Lipinski definition) is 1. The average molecular weight is 254 g/mol. The minimum atomic E-state index is 0.491. The number of hydrogen-bond acceptors (Lipinski definition) is 4. The zero-order valence-corrected chi connectivity index (χ0v) is 10.6. The molecule has 0 aliphatic heterocycles. The average Bonchev–Trinajstić information content (AvgIpc) is 2.90. The van der Waals surface area contributed by atoms with E-state index in [9.17, 15) is 0 Å². The Morgan fingerprint density at radius 1 is 1.21 bits per heavy atom. The summed E-state index contributed by atoms with van der Waals surface area (Å²) in [4.78, 5) is 4.35. The molecule has 4 nitrogen and oxygen atoms in total. The highest BCUT2D eigenvalue weighted by Crippen LogP contribution is 2.29. The second-order valence-electron chi connectivity index (χ2n) is 4.27. The first-order valence-corrected chi connectivity index (χ1v) is 6.03. The first-order valence-electron chi connectivity index (χ1n) is 6.03. The standard InChI is InChI=1S/C15H14N2O2/c1-18-12-3-5-14-11(6-12)7-15(19-14)13-4-2-10(8-16)9-17-13/h2-7,9H,8,16H2,1H3. The van der Waals surface area contributed by atoms with E-state index in [4.69, 9.17) is 14.9 Å². The number of fused-ring (bicyclic) bond motifs is 1. The fraction of sp³-hybridized carbons (Fsp3) is 0.133. The van der Waals surface area contributed by atoms with Crippen LogP contribution in [0.4, 0.5) is 0 Å². The number of aromatic nitrogens is 1. The van der Waals surface area contributed by atoms with Crippen LogP contribution in [0.1, 0.15) is 5.56 Å². The molecule has 2 heterocycles. The molecule has 2 N–H and O–H groups in total. The third-order valence-corrected chi connectivity index (χ3v) is 3.04. The van der Waals surface area contributed by atoms with Crippen molar-refractivity contribution in [3.05, 3.63) is 48.2 Å². The minimum absolute atomic E-state index is 0.491. The lowest BCUT2D eigenvalue weighted by atomic mass is 10.2. The quantitative estimate of drug-likeness (QED) is 0.780. The van der Waals surface area contributed by atoms with Gasteiger partial charge in [0.05, 0.1) is 7.11 Å². The smallest absolute Gasteiger partial charge is 0.153 e. The molecule has 0 saturated carbocycles. The Balaban J connectivity index is 2.04. The molecule has 3 rings (SSSR count). The number of furan rings is 1. The van der Waals surface area contributed by atoms with Crippen LogP contribution in [0.15, 0.2) is 47.0 Å². The predicted octanol–water partition coefficient (Wildman–Crippen LogP) is 2.96. The Kier molecular flexibility index (Phi) is 2.93. The first kappa shape index (κ1) is 11.7. The van der Waals surface area contributed by atoms with Crippen molar-refractivity contribution in [1.82, 2.24) is 4.98 Å². The second-order valence-corrected chi connectivity index (χ2v) is 4.27. The van der Waals surface area contributed by atoms with Gasteiger partial charge in [0, 0.05) is 18.1 Å². The molecule has 0 unspecified atom stereocenters. The van der Waals surface area contributed by atoms with Gasteiger partial charge in [-0.1, -0.05) is 6.07 Å². The summed E-state index contributed by atoms with van der Waals surface area (Å²) in [5.74, 6) is 1.55.